The molecule has 0 bridgehead atoms. The SMILES string of the molecule is CN=C(NCc1ccc(F)cc1)NCc1ccc(NC(=O)OC)cc1.I. The number of amides is 1. The van der Waals surface area contributed by atoms with Gasteiger partial charge in [-0.25, -0.2) is 9.18 Å². The number of ether oxygens (including phenoxy) is 1. The number of hydrogen-bond acceptors (Lipinski definition) is 3. The lowest BCUT2D eigenvalue weighted by Gasteiger charge is -2.12. The molecule has 2 rings (SSSR count). The summed E-state index contributed by atoms with van der Waals surface area (Å²) < 4.78 is 17.4. The molecule has 0 unspecified atom stereocenters. The van der Waals surface area contributed by atoms with Gasteiger partial charge < -0.3 is 15.4 Å². The summed E-state index contributed by atoms with van der Waals surface area (Å²) in [7, 11) is 3.00. The third kappa shape index (κ3) is 7.26. The maximum atomic E-state index is 12.9. The summed E-state index contributed by atoms with van der Waals surface area (Å²) in [6.07, 6.45) is -0.503. The predicted octanol–water partition coefficient (Wildman–Crippen LogP) is 3.49. The minimum atomic E-state index is -0.503. The molecule has 0 aromatic heterocycles. The summed E-state index contributed by atoms with van der Waals surface area (Å²) in [5.74, 6) is 0.387. The second-order valence-corrected chi connectivity index (χ2v) is 5.22. The number of anilines is 1. The number of nitrogens with zero attached hydrogens (tertiary/aromatic N) is 1. The molecule has 3 N–H and O–H groups in total. The number of rotatable bonds is 5. The van der Waals surface area contributed by atoms with Gasteiger partial charge in [0, 0.05) is 25.8 Å². The maximum Gasteiger partial charge on any atom is 0.411 e. The van der Waals surface area contributed by atoms with E-state index in [1.165, 1.54) is 19.2 Å². The van der Waals surface area contributed by atoms with Gasteiger partial charge in [0.05, 0.1) is 7.11 Å². The molecule has 1 amide bonds. The lowest BCUT2D eigenvalue weighted by atomic mass is 10.2. The zero-order valence-electron chi connectivity index (χ0n) is 14.6. The molecule has 0 radical (unpaired) electrons. The minimum absolute atomic E-state index is 0. The Morgan fingerprint density at radius 3 is 1.96 bits per heavy atom. The van der Waals surface area contributed by atoms with Crippen molar-refractivity contribution in [2.75, 3.05) is 19.5 Å². The zero-order chi connectivity index (χ0) is 18.1. The minimum Gasteiger partial charge on any atom is -0.453 e. The number of aliphatic imine (C=N–C) groups is 1. The normalized spacial score (nSPS) is 10.5. The van der Waals surface area contributed by atoms with Crippen molar-refractivity contribution in [1.29, 1.82) is 0 Å². The molecule has 0 saturated heterocycles. The summed E-state index contributed by atoms with van der Waals surface area (Å²) in [6.45, 7) is 1.11. The highest BCUT2D eigenvalue weighted by Gasteiger charge is 2.02. The number of methoxy groups -OCH3 is 1. The van der Waals surface area contributed by atoms with Crippen molar-refractivity contribution < 1.29 is 13.9 Å². The Morgan fingerprint density at radius 1 is 1.00 bits per heavy atom. The molecule has 2 aromatic carbocycles. The Kier molecular flexibility index (Phi) is 9.42. The number of hydrogen-bond donors (Lipinski definition) is 3. The Labute approximate surface area is 169 Å². The largest absolute Gasteiger partial charge is 0.453 e. The van der Waals surface area contributed by atoms with Gasteiger partial charge in [0.2, 0.25) is 0 Å². The van der Waals surface area contributed by atoms with Crippen molar-refractivity contribution in [2.45, 2.75) is 13.1 Å². The Hall–Kier alpha value is -2.36. The number of carbonyl (C=O) groups is 1. The Bertz CT molecular complexity index is 721. The number of halogens is 2. The van der Waals surface area contributed by atoms with E-state index in [0.29, 0.717) is 24.7 Å². The van der Waals surface area contributed by atoms with Crippen molar-refractivity contribution >= 4 is 41.7 Å². The highest BCUT2D eigenvalue weighted by atomic mass is 127. The first-order valence-electron chi connectivity index (χ1n) is 7.73. The van der Waals surface area contributed by atoms with E-state index in [2.05, 4.69) is 25.7 Å². The first-order valence-corrected chi connectivity index (χ1v) is 7.73. The van der Waals surface area contributed by atoms with Gasteiger partial charge in [0.15, 0.2) is 5.96 Å². The molecule has 0 aliphatic carbocycles. The summed E-state index contributed by atoms with van der Waals surface area (Å²) in [5, 5.41) is 8.95. The van der Waals surface area contributed by atoms with Crippen LogP contribution in [0.2, 0.25) is 0 Å². The third-order valence-electron chi connectivity index (χ3n) is 3.44. The first-order chi connectivity index (χ1) is 12.1. The van der Waals surface area contributed by atoms with Crippen LogP contribution in [0.15, 0.2) is 53.5 Å². The van der Waals surface area contributed by atoms with Crippen LogP contribution in [-0.4, -0.2) is 26.2 Å². The van der Waals surface area contributed by atoms with Gasteiger partial charge in [-0.05, 0) is 35.4 Å². The molecule has 0 aliphatic heterocycles. The van der Waals surface area contributed by atoms with Crippen LogP contribution >= 0.6 is 24.0 Å². The Balaban J connectivity index is 0.00000338. The van der Waals surface area contributed by atoms with E-state index in [0.717, 1.165) is 11.1 Å². The van der Waals surface area contributed by atoms with E-state index in [1.807, 2.05) is 12.1 Å². The van der Waals surface area contributed by atoms with E-state index in [4.69, 9.17) is 0 Å². The number of guanidine groups is 1. The molecule has 26 heavy (non-hydrogen) atoms. The maximum absolute atomic E-state index is 12.9. The van der Waals surface area contributed by atoms with Crippen molar-refractivity contribution in [1.82, 2.24) is 10.6 Å². The third-order valence-corrected chi connectivity index (χ3v) is 3.44. The van der Waals surface area contributed by atoms with Crippen LogP contribution in [0.5, 0.6) is 0 Å². The van der Waals surface area contributed by atoms with Gasteiger partial charge in [-0.2, -0.15) is 0 Å². The van der Waals surface area contributed by atoms with Gasteiger partial charge in [-0.1, -0.05) is 24.3 Å². The Morgan fingerprint density at radius 2 is 1.50 bits per heavy atom. The van der Waals surface area contributed by atoms with Crippen LogP contribution in [0.3, 0.4) is 0 Å². The monoisotopic (exact) mass is 472 g/mol. The van der Waals surface area contributed by atoms with E-state index < -0.39 is 6.09 Å². The second-order valence-electron chi connectivity index (χ2n) is 5.22. The standard InChI is InChI=1S/C18H21FN4O2.HI/c1-20-17(21-11-13-3-7-15(19)8-4-13)22-12-14-5-9-16(10-6-14)23-18(24)25-2;/h3-10H,11-12H2,1-2H3,(H,23,24)(H2,20,21,22);1H. The second kappa shape index (κ2) is 11.3. The zero-order valence-corrected chi connectivity index (χ0v) is 16.9. The molecule has 2 aromatic rings. The lowest BCUT2D eigenvalue weighted by Crippen LogP contribution is -2.36. The quantitative estimate of drug-likeness (QED) is 0.354. The fourth-order valence-corrected chi connectivity index (χ4v) is 2.07. The summed E-state index contributed by atoms with van der Waals surface area (Å²) in [5.41, 5.74) is 2.65. The van der Waals surface area contributed by atoms with E-state index in [1.54, 1.807) is 31.3 Å². The van der Waals surface area contributed by atoms with E-state index in [9.17, 15) is 9.18 Å². The van der Waals surface area contributed by atoms with Gasteiger partial charge in [-0.3, -0.25) is 10.3 Å². The van der Waals surface area contributed by atoms with Crippen LogP contribution in [0.25, 0.3) is 0 Å². The topological polar surface area (TPSA) is 74.8 Å². The average Bonchev–Trinajstić information content (AvgIpc) is 2.64. The molecular weight excluding hydrogens is 450 g/mol. The van der Waals surface area contributed by atoms with Crippen LogP contribution in [0.1, 0.15) is 11.1 Å². The van der Waals surface area contributed by atoms with Gasteiger partial charge >= 0.3 is 6.09 Å². The molecule has 0 saturated carbocycles. The number of nitrogens with one attached hydrogen (secondary N) is 3. The van der Waals surface area contributed by atoms with Crippen LogP contribution < -0.4 is 16.0 Å². The lowest BCUT2D eigenvalue weighted by molar-refractivity contribution is 0.187. The molecule has 0 atom stereocenters. The molecule has 0 aliphatic rings. The number of carbonyl (C=O) groups excluding carboxylic acids is 1. The number of benzene rings is 2. The molecule has 0 heterocycles. The van der Waals surface area contributed by atoms with Crippen molar-refractivity contribution in [3.8, 4) is 0 Å². The molecular formula is C18H22FIN4O2. The van der Waals surface area contributed by atoms with Crippen molar-refractivity contribution in [3.63, 3.8) is 0 Å². The van der Waals surface area contributed by atoms with Crippen molar-refractivity contribution in [2.24, 2.45) is 4.99 Å². The summed E-state index contributed by atoms with van der Waals surface area (Å²) >= 11 is 0. The molecule has 6 nitrogen and oxygen atoms in total. The summed E-state index contributed by atoms with van der Waals surface area (Å²) in [4.78, 5) is 15.3. The highest BCUT2D eigenvalue weighted by Crippen LogP contribution is 2.09. The van der Waals surface area contributed by atoms with Gasteiger partial charge in [0.1, 0.15) is 5.82 Å². The van der Waals surface area contributed by atoms with Crippen LogP contribution in [0, 0.1) is 5.82 Å². The van der Waals surface area contributed by atoms with E-state index in [-0.39, 0.29) is 29.8 Å². The van der Waals surface area contributed by atoms with E-state index >= 15 is 0 Å². The van der Waals surface area contributed by atoms with Crippen molar-refractivity contribution in [3.05, 3.63) is 65.5 Å². The molecule has 140 valence electrons. The average molecular weight is 472 g/mol. The summed E-state index contributed by atoms with van der Waals surface area (Å²) in [6, 6.07) is 13.7. The van der Waals surface area contributed by atoms with Crippen LogP contribution in [0.4, 0.5) is 14.9 Å². The first kappa shape index (κ1) is 21.7. The molecule has 0 fully saturated rings. The van der Waals surface area contributed by atoms with Gasteiger partial charge in [0.25, 0.3) is 0 Å². The molecule has 0 spiro atoms. The molecule has 8 heteroatoms. The van der Waals surface area contributed by atoms with Gasteiger partial charge in [-0.15, -0.1) is 24.0 Å². The fourth-order valence-electron chi connectivity index (χ4n) is 2.07. The smallest absolute Gasteiger partial charge is 0.411 e. The fraction of sp³-hybridized carbons (Fsp3) is 0.222. The highest BCUT2D eigenvalue weighted by molar-refractivity contribution is 14.0. The predicted molar refractivity (Wildman–Crippen MR) is 111 cm³/mol. The van der Waals surface area contributed by atoms with Crippen LogP contribution in [-0.2, 0) is 17.8 Å².